The van der Waals surface area contributed by atoms with E-state index in [2.05, 4.69) is 64.7 Å². The van der Waals surface area contributed by atoms with Gasteiger partial charge in [0.25, 0.3) is 0 Å². The second-order valence-electron chi connectivity index (χ2n) is 8.43. The Labute approximate surface area is 161 Å². The van der Waals surface area contributed by atoms with Crippen LogP contribution in [0, 0.1) is 12.8 Å². The second-order valence-corrected chi connectivity index (χ2v) is 8.43. The summed E-state index contributed by atoms with van der Waals surface area (Å²) in [5, 5.41) is 0. The second kappa shape index (κ2) is 6.63. The van der Waals surface area contributed by atoms with Gasteiger partial charge in [0, 0.05) is 36.5 Å². The molecule has 3 heteroatoms. The predicted octanol–water partition coefficient (Wildman–Crippen LogP) is 4.70. The molecule has 5 rings (SSSR count). The van der Waals surface area contributed by atoms with Crippen molar-refractivity contribution in [2.75, 3.05) is 0 Å². The summed E-state index contributed by atoms with van der Waals surface area (Å²) in [6, 6.07) is 9.46. The minimum atomic E-state index is 0.873. The number of rotatable bonds is 3. The van der Waals surface area contributed by atoms with Crippen LogP contribution in [0.1, 0.15) is 54.6 Å². The fourth-order valence-electron chi connectivity index (χ4n) is 4.97. The Kier molecular flexibility index (Phi) is 4.11. The van der Waals surface area contributed by atoms with Crippen LogP contribution < -0.4 is 4.57 Å². The number of nitrogens with zero attached hydrogens (tertiary/aromatic N) is 3. The van der Waals surface area contributed by atoms with Gasteiger partial charge in [-0.2, -0.15) is 0 Å². The van der Waals surface area contributed by atoms with Crippen molar-refractivity contribution in [3.8, 4) is 16.9 Å². The first-order valence-corrected chi connectivity index (χ1v) is 10.3. The molecule has 1 aliphatic carbocycles. The van der Waals surface area contributed by atoms with Gasteiger partial charge in [-0.3, -0.25) is 0 Å². The number of fused-ring (bicyclic) bond motifs is 3. The molecule has 0 N–H and O–H groups in total. The zero-order chi connectivity index (χ0) is 18.4. The fourth-order valence-corrected chi connectivity index (χ4v) is 4.97. The van der Waals surface area contributed by atoms with E-state index < -0.39 is 0 Å². The van der Waals surface area contributed by atoms with Crippen LogP contribution in [0.5, 0.6) is 0 Å². The molecule has 3 aromatic rings. The molecule has 27 heavy (non-hydrogen) atoms. The van der Waals surface area contributed by atoms with Crippen molar-refractivity contribution in [1.82, 2.24) is 9.55 Å². The highest BCUT2D eigenvalue weighted by Crippen LogP contribution is 2.33. The first-order chi connectivity index (χ1) is 13.2. The van der Waals surface area contributed by atoms with Crippen LogP contribution in [-0.2, 0) is 19.9 Å². The number of aromatic nitrogens is 3. The van der Waals surface area contributed by atoms with E-state index in [4.69, 9.17) is 0 Å². The average molecular weight is 359 g/mol. The first-order valence-electron chi connectivity index (χ1n) is 10.3. The standard InChI is InChI=1S/C24H28N3/c1-17-12-22-20(16-24-25-9-11-27(22)24)15-21(17)23-14-19(8-10-26(23)2)13-18-6-4-3-5-7-18/h8-12,14-15,18H,3-7,13,16H2,1-2H3/q+1. The van der Waals surface area contributed by atoms with Crippen molar-refractivity contribution in [3.05, 3.63) is 65.4 Å². The van der Waals surface area contributed by atoms with E-state index in [0.29, 0.717) is 0 Å². The van der Waals surface area contributed by atoms with Gasteiger partial charge in [-0.25, -0.2) is 9.55 Å². The number of benzene rings is 1. The normalized spacial score (nSPS) is 16.4. The maximum Gasteiger partial charge on any atom is 0.212 e. The van der Waals surface area contributed by atoms with Crippen LogP contribution in [0.2, 0.25) is 0 Å². The molecular formula is C24H28N3+. The van der Waals surface area contributed by atoms with Gasteiger partial charge in [-0.05, 0) is 48.1 Å². The molecule has 2 aliphatic rings. The summed E-state index contributed by atoms with van der Waals surface area (Å²) in [5.41, 5.74) is 8.19. The zero-order valence-electron chi connectivity index (χ0n) is 16.4. The van der Waals surface area contributed by atoms with Gasteiger partial charge in [-0.1, -0.05) is 32.1 Å². The summed E-state index contributed by atoms with van der Waals surface area (Å²) in [6.07, 6.45) is 15.4. The van der Waals surface area contributed by atoms with Gasteiger partial charge in [0.05, 0.1) is 5.69 Å². The molecule has 0 bridgehead atoms. The molecular weight excluding hydrogens is 330 g/mol. The number of hydrogen-bond donors (Lipinski definition) is 0. The lowest BCUT2D eigenvalue weighted by atomic mass is 9.85. The maximum atomic E-state index is 4.50. The Hall–Kier alpha value is -2.42. The van der Waals surface area contributed by atoms with Crippen LogP contribution in [-0.4, -0.2) is 9.55 Å². The molecule has 3 nitrogen and oxygen atoms in total. The third-order valence-corrected chi connectivity index (χ3v) is 6.49. The highest BCUT2D eigenvalue weighted by molar-refractivity contribution is 5.67. The quantitative estimate of drug-likeness (QED) is 0.487. The summed E-state index contributed by atoms with van der Waals surface area (Å²) in [6.45, 7) is 2.23. The molecule has 0 saturated heterocycles. The number of pyridine rings is 1. The highest BCUT2D eigenvalue weighted by Gasteiger charge is 2.23. The van der Waals surface area contributed by atoms with Gasteiger partial charge in [0.15, 0.2) is 6.20 Å². The minimum Gasteiger partial charge on any atom is -0.303 e. The van der Waals surface area contributed by atoms with Crippen LogP contribution in [0.15, 0.2) is 42.9 Å². The molecule has 2 aromatic heterocycles. The van der Waals surface area contributed by atoms with Gasteiger partial charge >= 0.3 is 0 Å². The van der Waals surface area contributed by atoms with E-state index in [1.807, 2.05) is 6.20 Å². The molecule has 1 aliphatic heterocycles. The number of imidazole rings is 1. The molecule has 0 atom stereocenters. The minimum absolute atomic E-state index is 0.873. The van der Waals surface area contributed by atoms with Crippen LogP contribution in [0.3, 0.4) is 0 Å². The van der Waals surface area contributed by atoms with Gasteiger partial charge in [-0.15, -0.1) is 0 Å². The highest BCUT2D eigenvalue weighted by atomic mass is 15.1. The van der Waals surface area contributed by atoms with Crippen molar-refractivity contribution >= 4 is 0 Å². The Morgan fingerprint density at radius 2 is 2.00 bits per heavy atom. The van der Waals surface area contributed by atoms with E-state index in [1.165, 1.54) is 72.2 Å². The largest absolute Gasteiger partial charge is 0.303 e. The molecule has 0 radical (unpaired) electrons. The third-order valence-electron chi connectivity index (χ3n) is 6.49. The van der Waals surface area contributed by atoms with E-state index in [0.717, 1.165) is 18.2 Å². The Bertz CT molecular complexity index is 993. The molecule has 0 spiro atoms. The number of aryl methyl sites for hydroxylation is 2. The smallest absolute Gasteiger partial charge is 0.212 e. The summed E-state index contributed by atoms with van der Waals surface area (Å²) in [5.74, 6) is 2.02. The molecule has 0 amide bonds. The van der Waals surface area contributed by atoms with Gasteiger partial charge in [0.2, 0.25) is 5.69 Å². The lowest BCUT2D eigenvalue weighted by molar-refractivity contribution is -0.660. The van der Waals surface area contributed by atoms with Crippen molar-refractivity contribution in [3.63, 3.8) is 0 Å². The summed E-state index contributed by atoms with van der Waals surface area (Å²) in [4.78, 5) is 4.50. The van der Waals surface area contributed by atoms with Crippen molar-refractivity contribution in [2.24, 2.45) is 13.0 Å². The fraction of sp³-hybridized carbons (Fsp3) is 0.417. The monoisotopic (exact) mass is 358 g/mol. The third kappa shape index (κ3) is 2.99. The van der Waals surface area contributed by atoms with Crippen molar-refractivity contribution in [1.29, 1.82) is 0 Å². The maximum absolute atomic E-state index is 4.50. The van der Waals surface area contributed by atoms with E-state index in [1.54, 1.807) is 0 Å². The molecule has 0 unspecified atom stereocenters. The van der Waals surface area contributed by atoms with E-state index in [9.17, 15) is 0 Å². The Morgan fingerprint density at radius 1 is 1.15 bits per heavy atom. The van der Waals surface area contributed by atoms with Crippen LogP contribution in [0.4, 0.5) is 0 Å². The lowest BCUT2D eigenvalue weighted by Gasteiger charge is -2.21. The number of hydrogen-bond acceptors (Lipinski definition) is 1. The molecule has 1 aromatic carbocycles. The van der Waals surface area contributed by atoms with E-state index >= 15 is 0 Å². The predicted molar refractivity (Wildman–Crippen MR) is 108 cm³/mol. The molecule has 1 saturated carbocycles. The lowest BCUT2D eigenvalue weighted by Crippen LogP contribution is -2.31. The SMILES string of the molecule is Cc1cc2c(cc1-c1cc(CC3CCCCC3)cc[n+]1C)Cc1nccn1-2. The van der Waals surface area contributed by atoms with Crippen LogP contribution in [0.25, 0.3) is 16.9 Å². The van der Waals surface area contributed by atoms with Crippen molar-refractivity contribution < 1.29 is 4.57 Å². The van der Waals surface area contributed by atoms with E-state index in [-0.39, 0.29) is 0 Å². The molecule has 1 fully saturated rings. The van der Waals surface area contributed by atoms with Gasteiger partial charge in [0.1, 0.15) is 12.9 Å². The summed E-state index contributed by atoms with van der Waals surface area (Å²) in [7, 11) is 2.16. The van der Waals surface area contributed by atoms with Gasteiger partial charge < -0.3 is 4.57 Å². The summed E-state index contributed by atoms with van der Waals surface area (Å²) < 4.78 is 4.50. The van der Waals surface area contributed by atoms with Crippen molar-refractivity contribution in [2.45, 2.75) is 51.9 Å². The average Bonchev–Trinajstić information content (AvgIpc) is 3.25. The topological polar surface area (TPSA) is 21.7 Å². The molecule has 138 valence electrons. The Balaban J connectivity index is 1.50. The Morgan fingerprint density at radius 3 is 2.85 bits per heavy atom. The zero-order valence-corrected chi connectivity index (χ0v) is 16.4. The molecule has 3 heterocycles. The van der Waals surface area contributed by atoms with Crippen LogP contribution >= 0.6 is 0 Å². The first kappa shape index (κ1) is 16.7. The summed E-state index contributed by atoms with van der Waals surface area (Å²) >= 11 is 0.